The summed E-state index contributed by atoms with van der Waals surface area (Å²) in [5.74, 6) is -3.44. The van der Waals surface area contributed by atoms with Gasteiger partial charge in [-0.2, -0.15) is 0 Å². The van der Waals surface area contributed by atoms with Gasteiger partial charge in [-0.05, 0) is 5.56 Å². The van der Waals surface area contributed by atoms with E-state index < -0.39 is 50.3 Å². The number of β-lactam (4-membered cyclic amide) rings is 1. The summed E-state index contributed by atoms with van der Waals surface area (Å²) in [6, 6.07) is 5.94. The van der Waals surface area contributed by atoms with Crippen LogP contribution in [0.4, 0.5) is 0 Å². The molecular formula is C22H24N4Na2O9S2. The first-order valence-corrected chi connectivity index (χ1v) is 13.8. The molecule has 17 heteroatoms. The number of thioether (sulfide) groups is 1. The number of nitrogens with zero attached hydrogens (tertiary/aromatic N) is 3. The predicted octanol–water partition coefficient (Wildman–Crippen LogP) is -7.98. The Morgan fingerprint density at radius 2 is 1.90 bits per heavy atom. The molecule has 2 amide bonds. The van der Waals surface area contributed by atoms with Gasteiger partial charge in [0.25, 0.3) is 5.91 Å². The number of oxime groups is 1. The molecule has 3 heterocycles. The van der Waals surface area contributed by atoms with E-state index in [-0.39, 0.29) is 82.6 Å². The number of carboxylic acid groups (broad SMARTS) is 1. The number of amides is 2. The number of hydrogen-bond acceptors (Lipinski definition) is 12. The normalized spacial score (nSPS) is 22.2. The van der Waals surface area contributed by atoms with Gasteiger partial charge < -0.3 is 29.3 Å². The molecule has 0 aromatic heterocycles. The summed E-state index contributed by atoms with van der Waals surface area (Å²) >= 11 is 1.14. The van der Waals surface area contributed by atoms with Crippen LogP contribution in [0.1, 0.15) is 10.8 Å². The van der Waals surface area contributed by atoms with E-state index in [1.54, 1.807) is 6.07 Å². The molecule has 200 valence electrons. The molecule has 2 fully saturated rings. The molecule has 0 radical (unpaired) electrons. The maximum Gasteiger partial charge on any atom is 1.00 e. The molecule has 1 aromatic carbocycles. The minimum absolute atomic E-state index is 0. The van der Waals surface area contributed by atoms with Crippen molar-refractivity contribution in [2.24, 2.45) is 5.16 Å². The number of carbonyl (C=O) groups excluding carboxylic acids is 3. The molecule has 1 N–H and O–H groups in total. The molecule has 2 saturated heterocycles. The van der Waals surface area contributed by atoms with Crippen LogP contribution in [0.2, 0.25) is 0 Å². The van der Waals surface area contributed by atoms with E-state index in [0.717, 1.165) is 29.8 Å². The quantitative estimate of drug-likeness (QED) is 0.0675. The number of benzene rings is 1. The first-order valence-electron chi connectivity index (χ1n) is 11.3. The number of carbonyl (C=O) groups is 3. The minimum Gasteiger partial charge on any atom is -0.747 e. The van der Waals surface area contributed by atoms with Crippen molar-refractivity contribution >= 4 is 45.9 Å². The number of morpholine rings is 1. The van der Waals surface area contributed by atoms with Gasteiger partial charge in [-0.1, -0.05) is 35.5 Å². The van der Waals surface area contributed by atoms with Gasteiger partial charge in [0, 0.05) is 31.0 Å². The third-order valence-corrected chi connectivity index (χ3v) is 8.37. The summed E-state index contributed by atoms with van der Waals surface area (Å²) < 4.78 is 40.7. The molecule has 0 bridgehead atoms. The van der Waals surface area contributed by atoms with Crippen LogP contribution in [0.3, 0.4) is 0 Å². The summed E-state index contributed by atoms with van der Waals surface area (Å²) in [4.78, 5) is 45.7. The van der Waals surface area contributed by atoms with Gasteiger partial charge in [0.2, 0.25) is 5.91 Å². The van der Waals surface area contributed by atoms with Gasteiger partial charge >= 0.3 is 59.1 Å². The Morgan fingerprint density at radius 3 is 2.51 bits per heavy atom. The summed E-state index contributed by atoms with van der Waals surface area (Å²) in [7, 11) is -5.10. The summed E-state index contributed by atoms with van der Waals surface area (Å²) in [6.07, 6.45) is 1.21. The smallest absolute Gasteiger partial charge is 0.747 e. The molecule has 1 unspecified atom stereocenters. The Balaban J connectivity index is 0.00000267. The number of carboxylic acids is 1. The fourth-order valence-corrected chi connectivity index (χ4v) is 6.30. The van der Waals surface area contributed by atoms with Gasteiger partial charge in [0.05, 0.1) is 31.1 Å². The second-order valence-corrected chi connectivity index (χ2v) is 10.9. The average molecular weight is 599 g/mol. The first-order chi connectivity index (χ1) is 17.7. The minimum atomic E-state index is -5.10. The van der Waals surface area contributed by atoms with Crippen LogP contribution in [-0.4, -0.2) is 103 Å². The van der Waals surface area contributed by atoms with E-state index in [2.05, 4.69) is 15.4 Å². The molecule has 0 spiro atoms. The monoisotopic (exact) mass is 598 g/mol. The van der Waals surface area contributed by atoms with Crippen LogP contribution < -0.4 is 69.5 Å². The van der Waals surface area contributed by atoms with E-state index in [9.17, 15) is 32.5 Å². The largest absolute Gasteiger partial charge is 1.00 e. The zero-order chi connectivity index (χ0) is 26.6. The fourth-order valence-electron chi connectivity index (χ4n) is 4.19. The van der Waals surface area contributed by atoms with Crippen LogP contribution in [0.5, 0.6) is 0 Å². The molecule has 3 atom stereocenters. The van der Waals surface area contributed by atoms with Crippen molar-refractivity contribution in [3.8, 4) is 0 Å². The molecule has 39 heavy (non-hydrogen) atoms. The Kier molecular flexibility index (Phi) is 13.4. The number of aliphatic carboxylic acids is 1. The van der Waals surface area contributed by atoms with E-state index in [1.165, 1.54) is 30.5 Å². The molecule has 0 saturated carbocycles. The van der Waals surface area contributed by atoms with Crippen molar-refractivity contribution in [3.63, 3.8) is 0 Å². The van der Waals surface area contributed by atoms with Crippen molar-refractivity contribution in [1.82, 2.24) is 15.1 Å². The van der Waals surface area contributed by atoms with E-state index in [4.69, 9.17) is 9.57 Å². The van der Waals surface area contributed by atoms with Crippen molar-refractivity contribution in [3.05, 3.63) is 47.2 Å². The van der Waals surface area contributed by atoms with E-state index in [0.29, 0.717) is 19.8 Å². The first kappa shape index (κ1) is 34.2. The third-order valence-electron chi connectivity index (χ3n) is 6.00. The second kappa shape index (κ2) is 15.3. The molecule has 1 aromatic rings. The summed E-state index contributed by atoms with van der Waals surface area (Å²) in [5, 5.41) is 15.1. The Labute approximate surface area is 274 Å². The van der Waals surface area contributed by atoms with Crippen LogP contribution in [0.15, 0.2) is 46.8 Å². The van der Waals surface area contributed by atoms with Gasteiger partial charge in [0.15, 0.2) is 5.25 Å². The molecule has 0 aliphatic carbocycles. The molecular weight excluding hydrogens is 574 g/mol. The summed E-state index contributed by atoms with van der Waals surface area (Å²) in [6.45, 7) is 3.77. The fraction of sp³-hybridized carbons (Fsp3) is 0.455. The van der Waals surface area contributed by atoms with Gasteiger partial charge in [0.1, 0.15) is 28.1 Å². The number of nitrogens with one attached hydrogen (secondary N) is 1. The standard InChI is InChI=1S/C22H26N4O9S2.2Na/c27-19(18(37(31,32)33)14-4-2-1-3-5-14)24-16-20(28)26-17(22(29)30)15(13-36-21(16)26)12-23-35-11-8-25-6-9-34-10-7-25;;/h1-5,12,16,18,21H,6-11,13H2,(H,24,27)(H,29,30)(H,31,32,33);;/q;2*+1/p-2/t16-,18?,21+;;/m1../s1. The van der Waals surface area contributed by atoms with Crippen molar-refractivity contribution < 1.29 is 101 Å². The van der Waals surface area contributed by atoms with Gasteiger partial charge in [-0.25, -0.2) is 8.42 Å². The average Bonchev–Trinajstić information content (AvgIpc) is 2.87. The predicted molar refractivity (Wildman–Crippen MR) is 128 cm³/mol. The van der Waals surface area contributed by atoms with Crippen molar-refractivity contribution in [2.45, 2.75) is 16.7 Å². The van der Waals surface area contributed by atoms with Gasteiger partial charge in [-0.3, -0.25) is 19.4 Å². The maximum absolute atomic E-state index is 12.8. The van der Waals surface area contributed by atoms with Gasteiger partial charge in [-0.15, -0.1) is 11.8 Å². The molecule has 3 aliphatic rings. The van der Waals surface area contributed by atoms with Crippen LogP contribution in [0, 0.1) is 0 Å². The van der Waals surface area contributed by atoms with Crippen LogP contribution in [-0.2, 0) is 34.1 Å². The second-order valence-electron chi connectivity index (χ2n) is 8.36. The molecule has 3 aliphatic heterocycles. The molecule has 4 rings (SSSR count). The Bertz CT molecular complexity index is 1210. The van der Waals surface area contributed by atoms with E-state index >= 15 is 0 Å². The number of ether oxygens (including phenoxy) is 1. The molecule has 13 nitrogen and oxygen atoms in total. The van der Waals surface area contributed by atoms with Crippen molar-refractivity contribution in [1.29, 1.82) is 0 Å². The SMILES string of the molecule is O=C([O-])C1=C(C=NOCCN2CCOCC2)CS[C@H]2[C@H](NC(=O)C(c3ccccc3)S(=O)(=O)[O-])C(=O)N12.[Na+].[Na+]. The maximum atomic E-state index is 12.8. The van der Waals surface area contributed by atoms with E-state index in [1.807, 2.05) is 0 Å². The number of fused-ring (bicyclic) bond motifs is 1. The van der Waals surface area contributed by atoms with Crippen LogP contribution >= 0.6 is 11.8 Å². The Morgan fingerprint density at radius 1 is 1.23 bits per heavy atom. The zero-order valence-corrected chi connectivity index (χ0v) is 27.1. The zero-order valence-electron chi connectivity index (χ0n) is 21.5. The third kappa shape index (κ3) is 8.29. The topological polar surface area (TPSA) is 181 Å². The number of rotatable bonds is 10. The van der Waals surface area contributed by atoms with Crippen molar-refractivity contribution in [2.75, 3.05) is 45.2 Å². The summed E-state index contributed by atoms with van der Waals surface area (Å²) in [5.41, 5.74) is -0.261. The van der Waals surface area contributed by atoms with Crippen LogP contribution in [0.25, 0.3) is 0 Å². The Hall–Kier alpha value is -0.980. The number of hydrogen-bond donors (Lipinski definition) is 1.